The Kier molecular flexibility index (Phi) is 6.14. The Morgan fingerprint density at radius 3 is 2.14 bits per heavy atom. The number of benzene rings is 1. The van der Waals surface area contributed by atoms with Crippen molar-refractivity contribution in [1.29, 1.82) is 0 Å². The summed E-state index contributed by atoms with van der Waals surface area (Å²) in [6.45, 7) is 8.42. The number of amides is 1. The third-order valence-electron chi connectivity index (χ3n) is 3.30. The minimum absolute atomic E-state index is 0.0523. The fraction of sp³-hybridized carbons (Fsp3) is 0.562. The van der Waals surface area contributed by atoms with E-state index < -0.39 is 10.0 Å². The number of hydrogen-bond donors (Lipinski definition) is 1. The SMILES string of the molecule is CCCN(CC(=O)Nc1ccc(C(C)(C)C)cc1)S(C)(=O)=O. The van der Waals surface area contributed by atoms with Crippen LogP contribution in [0.3, 0.4) is 0 Å². The lowest BCUT2D eigenvalue weighted by atomic mass is 9.87. The molecule has 1 aromatic carbocycles. The molecule has 0 aliphatic rings. The molecule has 0 saturated heterocycles. The first-order valence-corrected chi connectivity index (χ1v) is 9.24. The van der Waals surface area contributed by atoms with Crippen molar-refractivity contribution < 1.29 is 13.2 Å². The smallest absolute Gasteiger partial charge is 0.239 e. The van der Waals surface area contributed by atoms with Gasteiger partial charge in [0.2, 0.25) is 15.9 Å². The maximum Gasteiger partial charge on any atom is 0.239 e. The summed E-state index contributed by atoms with van der Waals surface area (Å²) in [5, 5.41) is 2.74. The molecule has 0 bridgehead atoms. The van der Waals surface area contributed by atoms with Crippen molar-refractivity contribution in [2.45, 2.75) is 39.5 Å². The Labute approximate surface area is 133 Å². The first-order valence-electron chi connectivity index (χ1n) is 7.39. The van der Waals surface area contributed by atoms with E-state index in [4.69, 9.17) is 0 Å². The van der Waals surface area contributed by atoms with Crippen LogP contribution in [0.15, 0.2) is 24.3 Å². The van der Waals surface area contributed by atoms with Gasteiger partial charge < -0.3 is 5.32 Å². The molecule has 1 amide bonds. The summed E-state index contributed by atoms with van der Waals surface area (Å²) in [6, 6.07) is 7.61. The van der Waals surface area contributed by atoms with Crippen LogP contribution in [-0.2, 0) is 20.2 Å². The molecule has 1 rings (SSSR count). The minimum Gasteiger partial charge on any atom is -0.325 e. The lowest BCUT2D eigenvalue weighted by Crippen LogP contribution is -2.37. The third kappa shape index (κ3) is 5.77. The van der Waals surface area contributed by atoms with Gasteiger partial charge >= 0.3 is 0 Å². The fourth-order valence-electron chi connectivity index (χ4n) is 2.03. The molecular weight excluding hydrogens is 300 g/mol. The Bertz CT molecular complexity index is 601. The van der Waals surface area contributed by atoms with E-state index in [1.165, 1.54) is 9.87 Å². The average molecular weight is 326 g/mol. The summed E-state index contributed by atoms with van der Waals surface area (Å²) in [7, 11) is -3.37. The number of nitrogens with zero attached hydrogens (tertiary/aromatic N) is 1. The van der Waals surface area contributed by atoms with Gasteiger partial charge in [-0.3, -0.25) is 4.79 Å². The normalized spacial score (nSPS) is 12.5. The van der Waals surface area contributed by atoms with Gasteiger partial charge in [-0.25, -0.2) is 8.42 Å². The number of carbonyl (C=O) groups excluding carboxylic acids is 1. The highest BCUT2D eigenvalue weighted by Crippen LogP contribution is 2.23. The van der Waals surface area contributed by atoms with E-state index in [1.807, 2.05) is 31.2 Å². The maximum atomic E-state index is 12.0. The number of rotatable bonds is 6. The predicted molar refractivity (Wildman–Crippen MR) is 90.5 cm³/mol. The zero-order valence-corrected chi connectivity index (χ0v) is 14.8. The summed E-state index contributed by atoms with van der Waals surface area (Å²) >= 11 is 0. The molecule has 1 aromatic rings. The number of hydrogen-bond acceptors (Lipinski definition) is 3. The van der Waals surface area contributed by atoms with Crippen molar-refractivity contribution in [2.24, 2.45) is 0 Å². The summed E-state index contributed by atoms with van der Waals surface area (Å²) in [6.07, 6.45) is 1.79. The summed E-state index contributed by atoms with van der Waals surface area (Å²) < 4.78 is 24.4. The molecule has 0 aliphatic carbocycles. The molecule has 1 N–H and O–H groups in total. The molecule has 124 valence electrons. The topological polar surface area (TPSA) is 66.5 Å². The molecule has 0 fully saturated rings. The second-order valence-electron chi connectivity index (χ2n) is 6.47. The summed E-state index contributed by atoms with van der Waals surface area (Å²) in [5.41, 5.74) is 1.90. The Morgan fingerprint density at radius 2 is 1.73 bits per heavy atom. The number of sulfonamides is 1. The predicted octanol–water partition coefficient (Wildman–Crippen LogP) is 2.59. The Hall–Kier alpha value is -1.40. The Balaban J connectivity index is 2.72. The Morgan fingerprint density at radius 1 is 1.18 bits per heavy atom. The van der Waals surface area contributed by atoms with E-state index in [2.05, 4.69) is 26.1 Å². The monoisotopic (exact) mass is 326 g/mol. The first-order chi connectivity index (χ1) is 10.0. The van der Waals surface area contributed by atoms with Gasteiger partial charge in [-0.05, 0) is 29.5 Å². The van der Waals surface area contributed by atoms with Crippen LogP contribution in [0, 0.1) is 0 Å². The third-order valence-corrected chi connectivity index (χ3v) is 4.55. The molecule has 0 radical (unpaired) electrons. The second-order valence-corrected chi connectivity index (χ2v) is 8.45. The van der Waals surface area contributed by atoms with Gasteiger partial charge in [0.05, 0.1) is 12.8 Å². The van der Waals surface area contributed by atoms with Crippen LogP contribution in [-0.4, -0.2) is 38.0 Å². The van der Waals surface area contributed by atoms with Crippen molar-refractivity contribution in [3.63, 3.8) is 0 Å². The minimum atomic E-state index is -3.37. The van der Waals surface area contributed by atoms with Crippen molar-refractivity contribution in [1.82, 2.24) is 4.31 Å². The van der Waals surface area contributed by atoms with E-state index in [1.54, 1.807) is 0 Å². The molecule has 22 heavy (non-hydrogen) atoms. The van der Waals surface area contributed by atoms with Gasteiger partial charge in [0.15, 0.2) is 0 Å². The van der Waals surface area contributed by atoms with E-state index in [0.29, 0.717) is 18.7 Å². The van der Waals surface area contributed by atoms with Gasteiger partial charge in [-0.1, -0.05) is 39.8 Å². The van der Waals surface area contributed by atoms with E-state index in [0.717, 1.165) is 6.26 Å². The van der Waals surface area contributed by atoms with Crippen LogP contribution in [0.5, 0.6) is 0 Å². The van der Waals surface area contributed by atoms with E-state index in [-0.39, 0.29) is 17.9 Å². The highest BCUT2D eigenvalue weighted by atomic mass is 32.2. The van der Waals surface area contributed by atoms with Crippen LogP contribution in [0.25, 0.3) is 0 Å². The lowest BCUT2D eigenvalue weighted by Gasteiger charge is -2.20. The molecule has 0 aromatic heterocycles. The molecule has 0 spiro atoms. The molecule has 0 aliphatic heterocycles. The van der Waals surface area contributed by atoms with Crippen LogP contribution in [0.1, 0.15) is 39.7 Å². The fourth-order valence-corrected chi connectivity index (χ4v) is 2.89. The molecule has 0 heterocycles. The number of anilines is 1. The molecule has 0 unspecified atom stereocenters. The molecule has 0 saturated carbocycles. The van der Waals surface area contributed by atoms with Crippen LogP contribution in [0.2, 0.25) is 0 Å². The van der Waals surface area contributed by atoms with Crippen molar-refractivity contribution in [3.05, 3.63) is 29.8 Å². The zero-order chi connectivity index (χ0) is 17.0. The zero-order valence-electron chi connectivity index (χ0n) is 14.0. The van der Waals surface area contributed by atoms with Gasteiger partial charge in [0.25, 0.3) is 0 Å². The average Bonchev–Trinajstić information content (AvgIpc) is 2.36. The highest BCUT2D eigenvalue weighted by molar-refractivity contribution is 7.88. The van der Waals surface area contributed by atoms with Gasteiger partial charge in [0, 0.05) is 12.2 Å². The van der Waals surface area contributed by atoms with Crippen molar-refractivity contribution in [2.75, 3.05) is 24.7 Å². The van der Waals surface area contributed by atoms with Crippen LogP contribution < -0.4 is 5.32 Å². The standard InChI is InChI=1S/C16H26N2O3S/c1-6-11-18(22(5,20)21)12-15(19)17-14-9-7-13(8-10-14)16(2,3)4/h7-10H,6,11-12H2,1-5H3,(H,17,19). The van der Waals surface area contributed by atoms with Gasteiger partial charge in [-0.15, -0.1) is 0 Å². The molecule has 5 nitrogen and oxygen atoms in total. The van der Waals surface area contributed by atoms with E-state index in [9.17, 15) is 13.2 Å². The van der Waals surface area contributed by atoms with Crippen molar-refractivity contribution in [3.8, 4) is 0 Å². The summed E-state index contributed by atoms with van der Waals surface area (Å²) in [5.74, 6) is -0.331. The lowest BCUT2D eigenvalue weighted by molar-refractivity contribution is -0.116. The highest BCUT2D eigenvalue weighted by Gasteiger charge is 2.19. The molecule has 0 atom stereocenters. The van der Waals surface area contributed by atoms with Crippen LogP contribution in [0.4, 0.5) is 5.69 Å². The largest absolute Gasteiger partial charge is 0.325 e. The number of nitrogens with one attached hydrogen (secondary N) is 1. The summed E-state index contributed by atoms with van der Waals surface area (Å²) in [4.78, 5) is 12.0. The molecule has 6 heteroatoms. The number of carbonyl (C=O) groups is 1. The maximum absolute atomic E-state index is 12.0. The van der Waals surface area contributed by atoms with Crippen LogP contribution >= 0.6 is 0 Å². The van der Waals surface area contributed by atoms with Gasteiger partial charge in [-0.2, -0.15) is 4.31 Å². The van der Waals surface area contributed by atoms with Crippen molar-refractivity contribution >= 4 is 21.6 Å². The molecular formula is C16H26N2O3S. The van der Waals surface area contributed by atoms with Gasteiger partial charge in [0.1, 0.15) is 0 Å². The van der Waals surface area contributed by atoms with E-state index >= 15 is 0 Å². The second kappa shape index (κ2) is 7.24. The first kappa shape index (κ1) is 18.6. The quantitative estimate of drug-likeness (QED) is 0.874.